The second kappa shape index (κ2) is 7.95. The summed E-state index contributed by atoms with van der Waals surface area (Å²) in [6, 6.07) is 9.55. The second-order valence-electron chi connectivity index (χ2n) is 6.23. The minimum atomic E-state index is -3.70. The number of methoxy groups -OCH3 is 1. The summed E-state index contributed by atoms with van der Waals surface area (Å²) in [6.07, 6.45) is 1.60. The van der Waals surface area contributed by atoms with Gasteiger partial charge < -0.3 is 10.1 Å². The largest absolute Gasteiger partial charge is 0.496 e. The first-order valence-corrected chi connectivity index (χ1v) is 10.0. The number of amides is 1. The topological polar surface area (TPSA) is 119 Å². The molecule has 0 aliphatic carbocycles. The van der Waals surface area contributed by atoms with Crippen molar-refractivity contribution in [3.63, 3.8) is 0 Å². The van der Waals surface area contributed by atoms with Crippen molar-refractivity contribution >= 4 is 27.3 Å². The van der Waals surface area contributed by atoms with Gasteiger partial charge in [0, 0.05) is 30.9 Å². The van der Waals surface area contributed by atoms with Crippen LogP contribution in [0.5, 0.6) is 5.75 Å². The number of nitrogens with one attached hydrogen (secondary N) is 1. The van der Waals surface area contributed by atoms with E-state index in [-0.39, 0.29) is 27.6 Å². The van der Waals surface area contributed by atoms with Gasteiger partial charge in [0.05, 0.1) is 22.5 Å². The number of ether oxygens (including phenoxy) is 1. The third-order valence-electron chi connectivity index (χ3n) is 4.43. The fourth-order valence-corrected chi connectivity index (χ4v) is 4.54. The van der Waals surface area contributed by atoms with Crippen molar-refractivity contribution in [2.45, 2.75) is 17.7 Å². The Kier molecular flexibility index (Phi) is 5.61. The van der Waals surface area contributed by atoms with Crippen LogP contribution in [-0.2, 0) is 10.0 Å². The summed E-state index contributed by atoms with van der Waals surface area (Å²) in [5.74, 6) is -0.431. The Balaban J connectivity index is 1.92. The van der Waals surface area contributed by atoms with Gasteiger partial charge in [0.25, 0.3) is 11.6 Å². The summed E-state index contributed by atoms with van der Waals surface area (Å²) in [6.45, 7) is 0.896. The van der Waals surface area contributed by atoms with Crippen molar-refractivity contribution < 1.29 is 22.9 Å². The Labute approximate surface area is 162 Å². The Morgan fingerprint density at radius 2 is 1.89 bits per heavy atom. The number of anilines is 1. The third kappa shape index (κ3) is 3.97. The Bertz CT molecular complexity index is 1020. The van der Waals surface area contributed by atoms with Crippen molar-refractivity contribution in [2.24, 2.45) is 0 Å². The van der Waals surface area contributed by atoms with E-state index >= 15 is 0 Å². The molecule has 0 unspecified atom stereocenters. The predicted octanol–water partition coefficient (Wildman–Crippen LogP) is 2.64. The molecular weight excluding hydrogens is 386 g/mol. The van der Waals surface area contributed by atoms with Crippen LogP contribution in [0.1, 0.15) is 23.2 Å². The van der Waals surface area contributed by atoms with Crippen LogP contribution in [0.3, 0.4) is 0 Å². The lowest BCUT2D eigenvalue weighted by molar-refractivity contribution is -0.384. The summed E-state index contributed by atoms with van der Waals surface area (Å²) >= 11 is 0. The maximum absolute atomic E-state index is 12.8. The van der Waals surface area contributed by atoms with Gasteiger partial charge in [-0.1, -0.05) is 6.07 Å². The molecular formula is C18H19N3O6S. The van der Waals surface area contributed by atoms with E-state index in [1.165, 1.54) is 53.9 Å². The Morgan fingerprint density at radius 1 is 1.18 bits per heavy atom. The van der Waals surface area contributed by atoms with E-state index in [1.807, 2.05) is 0 Å². The number of hydrogen-bond acceptors (Lipinski definition) is 6. The fourth-order valence-electron chi connectivity index (χ4n) is 3.00. The first-order valence-electron chi connectivity index (χ1n) is 8.57. The smallest absolute Gasteiger partial charge is 0.271 e. The van der Waals surface area contributed by atoms with Crippen LogP contribution in [0.2, 0.25) is 0 Å². The fraction of sp³-hybridized carbons (Fsp3) is 0.278. The molecule has 10 heteroatoms. The van der Waals surface area contributed by atoms with Gasteiger partial charge in [-0.15, -0.1) is 0 Å². The molecule has 1 N–H and O–H groups in total. The van der Waals surface area contributed by atoms with Crippen molar-refractivity contribution in [3.05, 3.63) is 58.1 Å². The van der Waals surface area contributed by atoms with Crippen molar-refractivity contribution in [2.75, 3.05) is 25.5 Å². The number of carbonyl (C=O) groups is 1. The standard InChI is InChI=1S/C18H19N3O6S/c1-27-17-8-7-15(28(25,26)20-9-2-3-10-20)12-16(17)18(22)19-13-5-4-6-14(11-13)21(23)24/h4-8,11-12H,2-3,9-10H2,1H3,(H,19,22). The molecule has 1 saturated heterocycles. The van der Waals surface area contributed by atoms with E-state index in [0.29, 0.717) is 13.1 Å². The molecule has 1 amide bonds. The van der Waals surface area contributed by atoms with Crippen LogP contribution in [0.25, 0.3) is 0 Å². The molecule has 0 spiro atoms. The maximum atomic E-state index is 12.8. The molecule has 0 atom stereocenters. The molecule has 0 aromatic heterocycles. The number of nitro benzene ring substituents is 1. The zero-order valence-electron chi connectivity index (χ0n) is 15.1. The van der Waals surface area contributed by atoms with Crippen LogP contribution in [-0.4, -0.2) is 43.8 Å². The number of non-ortho nitro benzene ring substituents is 1. The lowest BCUT2D eigenvalue weighted by Crippen LogP contribution is -2.28. The number of benzene rings is 2. The molecule has 3 rings (SSSR count). The molecule has 1 heterocycles. The first kappa shape index (κ1) is 19.8. The molecule has 2 aromatic carbocycles. The number of hydrogen-bond donors (Lipinski definition) is 1. The van der Waals surface area contributed by atoms with Gasteiger partial charge in [-0.25, -0.2) is 8.42 Å². The quantitative estimate of drug-likeness (QED) is 0.583. The summed E-state index contributed by atoms with van der Waals surface area (Å²) in [5.41, 5.74) is 0.0680. The SMILES string of the molecule is COc1ccc(S(=O)(=O)N2CCCC2)cc1C(=O)Nc1cccc([N+](=O)[O-])c1. The first-order chi connectivity index (χ1) is 13.3. The number of sulfonamides is 1. The van der Waals surface area contributed by atoms with E-state index < -0.39 is 20.9 Å². The summed E-state index contributed by atoms with van der Waals surface area (Å²) in [5, 5.41) is 13.4. The van der Waals surface area contributed by atoms with Crippen LogP contribution in [0.4, 0.5) is 11.4 Å². The molecule has 0 saturated carbocycles. The molecule has 0 radical (unpaired) electrons. The number of nitrogens with zero attached hydrogens (tertiary/aromatic N) is 2. The molecule has 9 nitrogen and oxygen atoms in total. The minimum Gasteiger partial charge on any atom is -0.496 e. The highest BCUT2D eigenvalue weighted by atomic mass is 32.2. The Hall–Kier alpha value is -2.98. The second-order valence-corrected chi connectivity index (χ2v) is 8.17. The third-order valence-corrected chi connectivity index (χ3v) is 6.33. The van der Waals surface area contributed by atoms with Crippen molar-refractivity contribution in [1.82, 2.24) is 4.31 Å². The molecule has 2 aromatic rings. The average Bonchev–Trinajstić information content (AvgIpc) is 3.23. The lowest BCUT2D eigenvalue weighted by Gasteiger charge is -2.17. The van der Waals surface area contributed by atoms with E-state index in [9.17, 15) is 23.3 Å². The highest BCUT2D eigenvalue weighted by molar-refractivity contribution is 7.89. The predicted molar refractivity (Wildman–Crippen MR) is 102 cm³/mol. The number of nitro groups is 1. The van der Waals surface area contributed by atoms with Crippen LogP contribution < -0.4 is 10.1 Å². The van der Waals surface area contributed by atoms with Gasteiger partial charge >= 0.3 is 0 Å². The molecule has 1 fully saturated rings. The van der Waals surface area contributed by atoms with Crippen molar-refractivity contribution in [1.29, 1.82) is 0 Å². The van der Waals surface area contributed by atoms with Crippen molar-refractivity contribution in [3.8, 4) is 5.75 Å². The van der Waals surface area contributed by atoms with Gasteiger partial charge in [0.15, 0.2) is 0 Å². The van der Waals surface area contributed by atoms with E-state index in [1.54, 1.807) is 0 Å². The lowest BCUT2D eigenvalue weighted by atomic mass is 10.1. The molecule has 28 heavy (non-hydrogen) atoms. The minimum absolute atomic E-state index is 0.000563. The van der Waals surface area contributed by atoms with Gasteiger partial charge in [0.1, 0.15) is 5.75 Å². The van der Waals surface area contributed by atoms with Gasteiger partial charge in [-0.3, -0.25) is 14.9 Å². The number of carbonyl (C=O) groups excluding carboxylic acids is 1. The maximum Gasteiger partial charge on any atom is 0.271 e. The summed E-state index contributed by atoms with van der Waals surface area (Å²) in [7, 11) is -2.33. The average molecular weight is 405 g/mol. The van der Waals surface area contributed by atoms with E-state index in [2.05, 4.69) is 5.32 Å². The summed E-state index contributed by atoms with van der Waals surface area (Å²) in [4.78, 5) is 23.0. The Morgan fingerprint density at radius 3 is 2.54 bits per heavy atom. The molecule has 1 aliphatic heterocycles. The van der Waals surface area contributed by atoms with Gasteiger partial charge in [-0.2, -0.15) is 4.31 Å². The highest BCUT2D eigenvalue weighted by Crippen LogP contribution is 2.27. The molecule has 148 valence electrons. The zero-order chi connectivity index (χ0) is 20.3. The van der Waals surface area contributed by atoms with Crippen LogP contribution in [0, 0.1) is 10.1 Å². The van der Waals surface area contributed by atoms with E-state index in [4.69, 9.17) is 4.74 Å². The normalized spacial score (nSPS) is 14.6. The zero-order valence-corrected chi connectivity index (χ0v) is 15.9. The summed E-state index contributed by atoms with van der Waals surface area (Å²) < 4.78 is 32.1. The monoisotopic (exact) mass is 405 g/mol. The van der Waals surface area contributed by atoms with Crippen LogP contribution >= 0.6 is 0 Å². The van der Waals surface area contributed by atoms with Crippen LogP contribution in [0.15, 0.2) is 47.4 Å². The van der Waals surface area contributed by atoms with Gasteiger partial charge in [0.2, 0.25) is 10.0 Å². The number of rotatable bonds is 6. The molecule has 1 aliphatic rings. The molecule has 0 bridgehead atoms. The van der Waals surface area contributed by atoms with E-state index in [0.717, 1.165) is 12.8 Å². The van der Waals surface area contributed by atoms with Gasteiger partial charge in [-0.05, 0) is 37.1 Å². The highest BCUT2D eigenvalue weighted by Gasteiger charge is 2.28.